The van der Waals surface area contributed by atoms with Gasteiger partial charge in [0.05, 0.1) is 20.3 Å². The van der Waals surface area contributed by atoms with Gasteiger partial charge in [-0.15, -0.1) is 0 Å². The summed E-state index contributed by atoms with van der Waals surface area (Å²) in [7, 11) is 1.33. The third kappa shape index (κ3) is 5.49. The molecule has 5 nitrogen and oxygen atoms in total. The number of methoxy groups -OCH3 is 1. The molecule has 0 radical (unpaired) electrons. The van der Waals surface area contributed by atoms with Gasteiger partial charge in [0, 0.05) is 12.0 Å². The molecule has 140 valence electrons. The van der Waals surface area contributed by atoms with Crippen molar-refractivity contribution in [2.75, 3.05) is 13.7 Å². The molecule has 0 spiro atoms. The van der Waals surface area contributed by atoms with E-state index in [-0.39, 0.29) is 18.0 Å². The van der Waals surface area contributed by atoms with Crippen LogP contribution in [0, 0.1) is 5.92 Å². The Kier molecular flexibility index (Phi) is 7.48. The summed E-state index contributed by atoms with van der Waals surface area (Å²) in [5.41, 5.74) is 1.88. The van der Waals surface area contributed by atoms with Gasteiger partial charge in [-0.1, -0.05) is 56.0 Å². The van der Waals surface area contributed by atoms with Gasteiger partial charge in [0.1, 0.15) is 6.10 Å². The summed E-state index contributed by atoms with van der Waals surface area (Å²) in [4.78, 5) is 11.8. The second kappa shape index (κ2) is 9.82. The number of hydrogen-bond acceptors (Lipinski definition) is 5. The van der Waals surface area contributed by atoms with E-state index in [0.29, 0.717) is 13.2 Å². The topological polar surface area (TPSA) is 54.0 Å². The van der Waals surface area contributed by atoms with Crippen molar-refractivity contribution in [1.29, 1.82) is 0 Å². The third-order valence-electron chi connectivity index (χ3n) is 4.08. The van der Waals surface area contributed by atoms with Crippen molar-refractivity contribution < 1.29 is 23.7 Å². The zero-order chi connectivity index (χ0) is 18.9. The predicted molar refractivity (Wildman–Crippen MR) is 99.1 cm³/mol. The highest BCUT2D eigenvalue weighted by Crippen LogP contribution is 2.23. The average molecular weight is 358 g/mol. The zero-order valence-corrected chi connectivity index (χ0v) is 15.5. The van der Waals surface area contributed by atoms with Gasteiger partial charge in [-0.2, -0.15) is 0 Å². The number of benzene rings is 1. The Morgan fingerprint density at radius 3 is 2.69 bits per heavy atom. The van der Waals surface area contributed by atoms with E-state index in [9.17, 15) is 4.79 Å². The van der Waals surface area contributed by atoms with Crippen LogP contribution in [0.1, 0.15) is 19.4 Å². The Bertz CT molecular complexity index is 662. The van der Waals surface area contributed by atoms with Crippen LogP contribution < -0.4 is 0 Å². The highest BCUT2D eigenvalue weighted by Gasteiger charge is 2.28. The molecule has 1 aromatic carbocycles. The molecule has 1 heterocycles. The van der Waals surface area contributed by atoms with Crippen LogP contribution in [0.15, 0.2) is 66.7 Å². The second-order valence-electron chi connectivity index (χ2n) is 6.21. The SMILES string of the molecule is C=C[C@H](OC1=CC=C(C)[C@@H](C(=O)OC)O1)[C@H](C)COCc1ccccc1. The van der Waals surface area contributed by atoms with Crippen LogP contribution in [0.4, 0.5) is 0 Å². The molecule has 0 N–H and O–H groups in total. The van der Waals surface area contributed by atoms with Crippen molar-refractivity contribution in [1.82, 2.24) is 0 Å². The van der Waals surface area contributed by atoms with Crippen molar-refractivity contribution >= 4 is 5.97 Å². The molecule has 0 saturated carbocycles. The van der Waals surface area contributed by atoms with Gasteiger partial charge in [-0.25, -0.2) is 4.79 Å². The minimum absolute atomic E-state index is 0.0595. The molecule has 26 heavy (non-hydrogen) atoms. The quantitative estimate of drug-likeness (QED) is 0.497. The van der Waals surface area contributed by atoms with E-state index < -0.39 is 12.1 Å². The Morgan fingerprint density at radius 1 is 1.31 bits per heavy atom. The van der Waals surface area contributed by atoms with E-state index in [2.05, 4.69) is 6.58 Å². The number of rotatable bonds is 9. The van der Waals surface area contributed by atoms with Gasteiger partial charge < -0.3 is 18.9 Å². The van der Waals surface area contributed by atoms with Crippen LogP contribution in [0.2, 0.25) is 0 Å². The highest BCUT2D eigenvalue weighted by molar-refractivity contribution is 5.78. The smallest absolute Gasteiger partial charge is 0.351 e. The summed E-state index contributed by atoms with van der Waals surface area (Å²) in [6.45, 7) is 8.70. The van der Waals surface area contributed by atoms with E-state index in [0.717, 1.165) is 11.1 Å². The average Bonchev–Trinajstić information content (AvgIpc) is 2.67. The van der Waals surface area contributed by atoms with Gasteiger partial charge in [-0.05, 0) is 18.1 Å². The minimum Gasteiger partial charge on any atom is -0.466 e. The first-order valence-corrected chi connectivity index (χ1v) is 8.59. The van der Waals surface area contributed by atoms with E-state index >= 15 is 0 Å². The summed E-state index contributed by atoms with van der Waals surface area (Å²) >= 11 is 0. The van der Waals surface area contributed by atoms with Gasteiger partial charge in [0.25, 0.3) is 5.95 Å². The van der Waals surface area contributed by atoms with Crippen LogP contribution in [-0.4, -0.2) is 31.9 Å². The molecule has 1 aliphatic rings. The molecule has 5 heteroatoms. The lowest BCUT2D eigenvalue weighted by atomic mass is 10.1. The maximum Gasteiger partial charge on any atom is 0.351 e. The maximum absolute atomic E-state index is 11.8. The first-order valence-electron chi connectivity index (χ1n) is 8.59. The lowest BCUT2D eigenvalue weighted by molar-refractivity contribution is -0.154. The number of allylic oxidation sites excluding steroid dienone is 2. The first kappa shape index (κ1) is 19.8. The Labute approximate surface area is 154 Å². The molecule has 1 aliphatic heterocycles. The van der Waals surface area contributed by atoms with Crippen molar-refractivity contribution in [2.45, 2.75) is 32.7 Å². The number of esters is 1. The lowest BCUT2D eigenvalue weighted by Crippen LogP contribution is -2.31. The monoisotopic (exact) mass is 358 g/mol. The van der Waals surface area contributed by atoms with Gasteiger partial charge >= 0.3 is 5.97 Å². The molecular weight excluding hydrogens is 332 g/mol. The van der Waals surface area contributed by atoms with Crippen molar-refractivity contribution in [3.63, 3.8) is 0 Å². The van der Waals surface area contributed by atoms with Crippen molar-refractivity contribution in [3.05, 3.63) is 72.2 Å². The summed E-state index contributed by atoms with van der Waals surface area (Å²) in [5, 5.41) is 0. The van der Waals surface area contributed by atoms with Crippen molar-refractivity contribution in [2.24, 2.45) is 5.92 Å². The normalized spacial score (nSPS) is 18.7. The fourth-order valence-electron chi connectivity index (χ4n) is 2.51. The summed E-state index contributed by atoms with van der Waals surface area (Å²) < 4.78 is 22.0. The molecule has 1 aromatic rings. The first-order chi connectivity index (χ1) is 12.5. The maximum atomic E-state index is 11.8. The Morgan fingerprint density at radius 2 is 2.04 bits per heavy atom. The van der Waals surface area contributed by atoms with Gasteiger partial charge in [0.15, 0.2) is 0 Å². The van der Waals surface area contributed by atoms with Gasteiger partial charge in [0.2, 0.25) is 6.10 Å². The number of hydrogen-bond donors (Lipinski definition) is 0. The summed E-state index contributed by atoms with van der Waals surface area (Å²) in [5.74, 6) is -0.127. The predicted octanol–water partition coefficient (Wildman–Crippen LogP) is 3.77. The van der Waals surface area contributed by atoms with E-state index in [1.807, 2.05) is 37.3 Å². The van der Waals surface area contributed by atoms with Crippen LogP contribution in [0.5, 0.6) is 0 Å². The molecule has 2 rings (SSSR count). The van der Waals surface area contributed by atoms with Crippen LogP contribution in [0.25, 0.3) is 0 Å². The fourth-order valence-corrected chi connectivity index (χ4v) is 2.51. The molecule has 0 fully saturated rings. The molecule has 3 atom stereocenters. The van der Waals surface area contributed by atoms with E-state index in [4.69, 9.17) is 18.9 Å². The van der Waals surface area contributed by atoms with Crippen LogP contribution in [-0.2, 0) is 30.3 Å². The number of carbonyl (C=O) groups is 1. The van der Waals surface area contributed by atoms with Crippen LogP contribution >= 0.6 is 0 Å². The molecule has 0 aliphatic carbocycles. The second-order valence-corrected chi connectivity index (χ2v) is 6.21. The largest absolute Gasteiger partial charge is 0.466 e. The molecule has 0 amide bonds. The number of ether oxygens (including phenoxy) is 4. The number of carbonyl (C=O) groups excluding carboxylic acids is 1. The van der Waals surface area contributed by atoms with E-state index in [1.165, 1.54) is 7.11 Å². The molecule has 0 bridgehead atoms. The van der Waals surface area contributed by atoms with Gasteiger partial charge in [-0.3, -0.25) is 0 Å². The lowest BCUT2D eigenvalue weighted by Gasteiger charge is -2.27. The standard InChI is InChI=1S/C21H26O5/c1-5-18(16(3)13-24-14-17-9-7-6-8-10-17)25-19-12-11-15(2)20(26-19)21(22)23-4/h5-12,16,18,20H,1,13-14H2,2-4H3/t16-,18+,20+/m1/s1. The van der Waals surface area contributed by atoms with Crippen molar-refractivity contribution in [3.8, 4) is 0 Å². The minimum atomic E-state index is -0.782. The molecule has 0 saturated heterocycles. The Hall–Kier alpha value is -2.53. The molecular formula is C21H26O5. The molecule has 0 aromatic heterocycles. The fraction of sp³-hybridized carbons (Fsp3) is 0.381. The highest BCUT2D eigenvalue weighted by atomic mass is 16.7. The third-order valence-corrected chi connectivity index (χ3v) is 4.08. The molecule has 0 unspecified atom stereocenters. The van der Waals surface area contributed by atoms with E-state index in [1.54, 1.807) is 25.2 Å². The Balaban J connectivity index is 1.87. The summed E-state index contributed by atoms with van der Waals surface area (Å²) in [6.07, 6.45) is 4.11. The zero-order valence-electron chi connectivity index (χ0n) is 15.5. The van der Waals surface area contributed by atoms with Crippen LogP contribution in [0.3, 0.4) is 0 Å². The summed E-state index contributed by atoms with van der Waals surface area (Å²) in [6, 6.07) is 9.99.